The van der Waals surface area contributed by atoms with Crippen LogP contribution in [0.3, 0.4) is 0 Å². The molecule has 0 unspecified atom stereocenters. The first-order valence-corrected chi connectivity index (χ1v) is 6.51. The topological polar surface area (TPSA) is 72.0 Å². The van der Waals surface area contributed by atoms with E-state index in [1.165, 1.54) is 18.9 Å². The van der Waals surface area contributed by atoms with Crippen LogP contribution in [0.15, 0.2) is 9.95 Å². The molecule has 2 rings (SSSR count). The largest absolute Gasteiger partial charge is 0.469 e. The van der Waals surface area contributed by atoms with Gasteiger partial charge in [0.15, 0.2) is 5.16 Å². The van der Waals surface area contributed by atoms with Crippen molar-refractivity contribution in [3.8, 4) is 0 Å². The molecule has 92 valence electrons. The Hall–Kier alpha value is -1.30. The fraction of sp³-hybridized carbons (Fsp3) is 0.545. The summed E-state index contributed by atoms with van der Waals surface area (Å²) in [6.07, 6.45) is 3.03. The van der Waals surface area contributed by atoms with E-state index >= 15 is 0 Å². The van der Waals surface area contributed by atoms with Crippen LogP contribution in [-0.4, -0.2) is 28.8 Å². The molecule has 1 aromatic rings. The maximum Gasteiger partial charge on any atom is 0.306 e. The highest BCUT2D eigenvalue weighted by Crippen LogP contribution is 2.19. The summed E-state index contributed by atoms with van der Waals surface area (Å²) in [7, 11) is 1.36. The molecule has 5 nitrogen and oxygen atoms in total. The standard InChI is InChI=1S/C11H14N2O3S/c1-16-9(14)5-6-17-11-12-8-4-2-3-7(8)10(15)13-11/h2-6H2,1H3,(H,12,13,15). The van der Waals surface area contributed by atoms with Gasteiger partial charge in [0.25, 0.3) is 5.56 Å². The van der Waals surface area contributed by atoms with Crippen molar-refractivity contribution in [3.63, 3.8) is 0 Å². The third kappa shape index (κ3) is 2.88. The molecule has 1 aliphatic rings. The number of methoxy groups -OCH3 is 1. The van der Waals surface area contributed by atoms with Crippen molar-refractivity contribution in [2.45, 2.75) is 30.8 Å². The second kappa shape index (κ2) is 5.35. The van der Waals surface area contributed by atoms with E-state index in [-0.39, 0.29) is 11.5 Å². The van der Waals surface area contributed by atoms with Gasteiger partial charge in [-0.25, -0.2) is 4.98 Å². The number of nitrogens with one attached hydrogen (secondary N) is 1. The number of esters is 1. The number of aryl methyl sites for hydroxylation is 1. The summed E-state index contributed by atoms with van der Waals surface area (Å²) in [5.41, 5.74) is 1.70. The van der Waals surface area contributed by atoms with Gasteiger partial charge in [-0.3, -0.25) is 9.59 Å². The molecule has 0 bridgehead atoms. The third-order valence-electron chi connectivity index (χ3n) is 2.69. The maximum absolute atomic E-state index is 11.7. The van der Waals surface area contributed by atoms with Gasteiger partial charge >= 0.3 is 5.97 Å². The summed E-state index contributed by atoms with van der Waals surface area (Å²) in [6, 6.07) is 0. The second-order valence-electron chi connectivity index (χ2n) is 3.82. The molecule has 0 aliphatic heterocycles. The number of thioether (sulfide) groups is 1. The lowest BCUT2D eigenvalue weighted by atomic mass is 10.3. The molecule has 0 aromatic carbocycles. The summed E-state index contributed by atoms with van der Waals surface area (Å²) in [5, 5.41) is 0.597. The molecular formula is C11H14N2O3S. The van der Waals surface area contributed by atoms with Crippen molar-refractivity contribution in [2.24, 2.45) is 0 Å². The van der Waals surface area contributed by atoms with E-state index in [1.54, 1.807) is 0 Å². The molecule has 0 amide bonds. The van der Waals surface area contributed by atoms with E-state index in [1.807, 2.05) is 0 Å². The van der Waals surface area contributed by atoms with Crippen LogP contribution in [0.1, 0.15) is 24.1 Å². The summed E-state index contributed by atoms with van der Waals surface area (Å²) < 4.78 is 4.54. The van der Waals surface area contributed by atoms with Gasteiger partial charge in [0.05, 0.1) is 19.2 Å². The number of ether oxygens (including phenoxy) is 1. The molecule has 17 heavy (non-hydrogen) atoms. The van der Waals surface area contributed by atoms with Crippen LogP contribution < -0.4 is 5.56 Å². The van der Waals surface area contributed by atoms with Gasteiger partial charge in [-0.2, -0.15) is 0 Å². The van der Waals surface area contributed by atoms with Gasteiger partial charge < -0.3 is 9.72 Å². The van der Waals surface area contributed by atoms with E-state index in [4.69, 9.17) is 0 Å². The Labute approximate surface area is 103 Å². The second-order valence-corrected chi connectivity index (χ2v) is 4.91. The Morgan fingerprint density at radius 2 is 2.35 bits per heavy atom. The molecule has 6 heteroatoms. The smallest absolute Gasteiger partial charge is 0.306 e. The number of H-pyrrole nitrogens is 1. The van der Waals surface area contributed by atoms with E-state index < -0.39 is 0 Å². The monoisotopic (exact) mass is 254 g/mol. The van der Waals surface area contributed by atoms with Gasteiger partial charge in [-0.05, 0) is 19.3 Å². The van der Waals surface area contributed by atoms with Crippen LogP contribution in [-0.2, 0) is 22.4 Å². The maximum atomic E-state index is 11.7. The van der Waals surface area contributed by atoms with Crippen LogP contribution in [0.5, 0.6) is 0 Å². The average molecular weight is 254 g/mol. The van der Waals surface area contributed by atoms with Gasteiger partial charge in [0.2, 0.25) is 0 Å². The van der Waals surface area contributed by atoms with E-state index in [2.05, 4.69) is 14.7 Å². The molecule has 0 spiro atoms. The zero-order valence-corrected chi connectivity index (χ0v) is 10.4. The zero-order chi connectivity index (χ0) is 12.3. The number of fused-ring (bicyclic) bond motifs is 1. The van der Waals surface area contributed by atoms with Crippen LogP contribution >= 0.6 is 11.8 Å². The van der Waals surface area contributed by atoms with Gasteiger partial charge in [-0.1, -0.05) is 11.8 Å². The molecule has 0 saturated carbocycles. The number of hydrogen-bond donors (Lipinski definition) is 1. The predicted molar refractivity (Wildman–Crippen MR) is 64.2 cm³/mol. The Morgan fingerprint density at radius 1 is 1.53 bits per heavy atom. The van der Waals surface area contributed by atoms with E-state index in [0.29, 0.717) is 17.3 Å². The highest BCUT2D eigenvalue weighted by Gasteiger charge is 2.17. The normalized spacial score (nSPS) is 13.5. The molecule has 1 heterocycles. The van der Waals surface area contributed by atoms with Gasteiger partial charge in [-0.15, -0.1) is 0 Å². The van der Waals surface area contributed by atoms with Crippen molar-refractivity contribution in [2.75, 3.05) is 12.9 Å². The molecule has 1 N–H and O–H groups in total. The van der Waals surface area contributed by atoms with Crippen LogP contribution in [0, 0.1) is 0 Å². The lowest BCUT2D eigenvalue weighted by Crippen LogP contribution is -2.15. The Balaban J connectivity index is 2.00. The zero-order valence-electron chi connectivity index (χ0n) is 9.62. The molecule has 0 fully saturated rings. The minimum atomic E-state index is -0.249. The van der Waals surface area contributed by atoms with Gasteiger partial charge in [0, 0.05) is 11.3 Å². The Morgan fingerprint density at radius 3 is 3.12 bits per heavy atom. The van der Waals surface area contributed by atoms with E-state index in [9.17, 15) is 9.59 Å². The number of aromatic amines is 1. The van der Waals surface area contributed by atoms with Crippen LogP contribution in [0.25, 0.3) is 0 Å². The SMILES string of the molecule is COC(=O)CCSc1nc2c(c(=O)[nH]1)CCC2. The number of carbonyl (C=O) groups is 1. The highest BCUT2D eigenvalue weighted by atomic mass is 32.2. The van der Waals surface area contributed by atoms with Crippen molar-refractivity contribution >= 4 is 17.7 Å². The van der Waals surface area contributed by atoms with Gasteiger partial charge in [0.1, 0.15) is 0 Å². The van der Waals surface area contributed by atoms with Crippen molar-refractivity contribution < 1.29 is 9.53 Å². The average Bonchev–Trinajstić information content (AvgIpc) is 2.77. The Bertz CT molecular complexity index is 484. The summed E-state index contributed by atoms with van der Waals surface area (Å²) >= 11 is 1.38. The third-order valence-corrected chi connectivity index (χ3v) is 3.57. The minimum Gasteiger partial charge on any atom is -0.469 e. The molecule has 1 aromatic heterocycles. The Kier molecular flexibility index (Phi) is 3.83. The molecule has 0 saturated heterocycles. The first-order chi connectivity index (χ1) is 8.20. The van der Waals surface area contributed by atoms with E-state index in [0.717, 1.165) is 30.5 Å². The molecule has 1 aliphatic carbocycles. The minimum absolute atomic E-state index is 0.0342. The lowest BCUT2D eigenvalue weighted by Gasteiger charge is -2.03. The number of hydrogen-bond acceptors (Lipinski definition) is 5. The fourth-order valence-electron chi connectivity index (χ4n) is 1.82. The summed E-state index contributed by atoms with van der Waals surface area (Å²) in [4.78, 5) is 29.7. The summed E-state index contributed by atoms with van der Waals surface area (Å²) in [5.74, 6) is 0.315. The number of rotatable bonds is 4. The lowest BCUT2D eigenvalue weighted by molar-refractivity contribution is -0.140. The molecule has 0 atom stereocenters. The number of nitrogens with zero attached hydrogens (tertiary/aromatic N) is 1. The van der Waals surface area contributed by atoms with Crippen molar-refractivity contribution in [3.05, 3.63) is 21.6 Å². The quantitative estimate of drug-likeness (QED) is 0.491. The number of carbonyl (C=O) groups excluding carboxylic acids is 1. The van der Waals surface area contributed by atoms with Crippen molar-refractivity contribution in [1.82, 2.24) is 9.97 Å². The van der Waals surface area contributed by atoms with Crippen molar-refractivity contribution in [1.29, 1.82) is 0 Å². The molecule has 0 radical (unpaired) electrons. The number of aromatic nitrogens is 2. The molecular weight excluding hydrogens is 240 g/mol. The predicted octanol–water partition coefficient (Wildman–Crippen LogP) is 0.914. The highest BCUT2D eigenvalue weighted by molar-refractivity contribution is 7.99. The fourth-order valence-corrected chi connectivity index (χ4v) is 2.62. The first kappa shape index (κ1) is 12.2. The van der Waals surface area contributed by atoms with Crippen LogP contribution in [0.4, 0.5) is 0 Å². The first-order valence-electron chi connectivity index (χ1n) is 5.52. The van der Waals surface area contributed by atoms with Crippen LogP contribution in [0.2, 0.25) is 0 Å². The summed E-state index contributed by atoms with van der Waals surface area (Å²) in [6.45, 7) is 0.